The van der Waals surface area contributed by atoms with Crippen molar-refractivity contribution in [3.8, 4) is 27.7 Å². The Morgan fingerprint density at radius 2 is 1.59 bits per heavy atom. The van der Waals surface area contributed by atoms with Crippen molar-refractivity contribution in [1.29, 1.82) is 0 Å². The second kappa shape index (κ2) is 13.7. The number of nitrogens with zero attached hydrogens (tertiary/aromatic N) is 1. The molecule has 1 aliphatic rings. The lowest BCUT2D eigenvalue weighted by Gasteiger charge is -2.36. The number of hydrogen-bond acceptors (Lipinski definition) is 8. The van der Waals surface area contributed by atoms with E-state index in [4.69, 9.17) is 14.2 Å². The van der Waals surface area contributed by atoms with Gasteiger partial charge in [-0.2, -0.15) is 0 Å². The van der Waals surface area contributed by atoms with Gasteiger partial charge in [0.2, 0.25) is 0 Å². The SMILES string of the molecule is CC(C)c1ccccc1-c1sc2cc(OCCN3C(=O)c4ccccc4S3(O)O)ccc2c1Oc1ccc(C=CC(=O)OC(C)(C)C)cc1. The van der Waals surface area contributed by atoms with Crippen LogP contribution in [0.15, 0.2) is 102 Å². The summed E-state index contributed by atoms with van der Waals surface area (Å²) in [7, 11) is -3.41. The van der Waals surface area contributed by atoms with Crippen LogP contribution in [0.5, 0.6) is 17.2 Å². The first kappa shape index (κ1) is 34.3. The number of rotatable bonds is 10. The molecule has 4 aromatic carbocycles. The Morgan fingerprint density at radius 1 is 0.918 bits per heavy atom. The largest absolute Gasteiger partial charge is 0.492 e. The van der Waals surface area contributed by atoms with E-state index in [9.17, 15) is 18.7 Å². The lowest BCUT2D eigenvalue weighted by atomic mass is 9.96. The van der Waals surface area contributed by atoms with E-state index in [0.717, 1.165) is 36.1 Å². The standard InChI is InChI=1S/C39H39NO7S2/c1-25(2)29-10-6-7-11-30(29)37-36(46-27-17-14-26(15-18-27)16-21-35(41)47-39(3,4)5)31-20-19-28(24-33(31)48-37)45-23-22-40-38(42)32-12-8-9-13-34(32)49(40,43)44/h6-21,24-25,43-44H,22-23H2,1-5H3. The molecule has 6 rings (SSSR count). The van der Waals surface area contributed by atoms with Crippen LogP contribution in [0.3, 0.4) is 0 Å². The molecule has 0 fully saturated rings. The summed E-state index contributed by atoms with van der Waals surface area (Å²) < 4.78 is 41.7. The van der Waals surface area contributed by atoms with Gasteiger partial charge in [0, 0.05) is 16.2 Å². The highest BCUT2D eigenvalue weighted by Crippen LogP contribution is 2.58. The lowest BCUT2D eigenvalue weighted by molar-refractivity contribution is -0.148. The Hall–Kier alpha value is -4.61. The highest BCUT2D eigenvalue weighted by Gasteiger charge is 2.40. The molecular formula is C39H39NO7S2. The average Bonchev–Trinajstić information content (AvgIpc) is 3.51. The molecule has 254 valence electrons. The summed E-state index contributed by atoms with van der Waals surface area (Å²) in [4.78, 5) is 26.3. The molecule has 0 aliphatic carbocycles. The molecule has 1 aromatic heterocycles. The van der Waals surface area contributed by atoms with Gasteiger partial charge in [0.05, 0.1) is 21.9 Å². The normalized spacial score (nSPS) is 14.8. The third-order valence-electron chi connectivity index (χ3n) is 7.87. The molecule has 5 aromatic rings. The number of benzene rings is 4. The molecule has 10 heteroatoms. The van der Waals surface area contributed by atoms with Crippen molar-refractivity contribution in [2.75, 3.05) is 13.2 Å². The third-order valence-corrected chi connectivity index (χ3v) is 10.9. The smallest absolute Gasteiger partial charge is 0.331 e. The molecule has 0 radical (unpaired) electrons. The van der Waals surface area contributed by atoms with E-state index in [1.165, 1.54) is 11.6 Å². The maximum absolute atomic E-state index is 12.9. The number of esters is 1. The Kier molecular flexibility index (Phi) is 9.59. The van der Waals surface area contributed by atoms with Crippen LogP contribution in [-0.2, 0) is 9.53 Å². The number of carbonyl (C=O) groups excluding carboxylic acids is 2. The third kappa shape index (κ3) is 7.38. The molecule has 0 spiro atoms. The molecule has 0 saturated heterocycles. The second-order valence-electron chi connectivity index (χ2n) is 13.0. The summed E-state index contributed by atoms with van der Waals surface area (Å²) in [6, 6.07) is 28.1. The highest BCUT2D eigenvalue weighted by atomic mass is 32.3. The molecule has 1 amide bonds. The van der Waals surface area contributed by atoms with Crippen LogP contribution >= 0.6 is 22.1 Å². The molecule has 2 N–H and O–H groups in total. The Morgan fingerprint density at radius 3 is 2.29 bits per heavy atom. The fraction of sp³-hybridized carbons (Fsp3) is 0.231. The van der Waals surface area contributed by atoms with Gasteiger partial charge in [0.1, 0.15) is 23.7 Å². The second-order valence-corrected chi connectivity index (χ2v) is 15.9. The van der Waals surface area contributed by atoms with Crippen LogP contribution in [0, 0.1) is 0 Å². The van der Waals surface area contributed by atoms with Crippen molar-refractivity contribution < 1.29 is 32.9 Å². The molecule has 49 heavy (non-hydrogen) atoms. The van der Waals surface area contributed by atoms with Crippen molar-refractivity contribution >= 4 is 50.2 Å². The molecule has 8 nitrogen and oxygen atoms in total. The predicted octanol–water partition coefficient (Wildman–Crippen LogP) is 10.4. The van der Waals surface area contributed by atoms with Gasteiger partial charge >= 0.3 is 5.97 Å². The van der Waals surface area contributed by atoms with Crippen molar-refractivity contribution in [2.24, 2.45) is 0 Å². The van der Waals surface area contributed by atoms with Crippen LogP contribution in [-0.4, -0.2) is 44.0 Å². The minimum Gasteiger partial charge on any atom is -0.492 e. The fourth-order valence-electron chi connectivity index (χ4n) is 5.62. The first-order chi connectivity index (χ1) is 23.3. The highest BCUT2D eigenvalue weighted by molar-refractivity contribution is 8.23. The van der Waals surface area contributed by atoms with E-state index in [-0.39, 0.29) is 24.0 Å². The van der Waals surface area contributed by atoms with Gasteiger partial charge in [-0.1, -0.05) is 73.2 Å². The van der Waals surface area contributed by atoms with Crippen molar-refractivity contribution in [1.82, 2.24) is 4.31 Å². The average molecular weight is 698 g/mol. The summed E-state index contributed by atoms with van der Waals surface area (Å²) in [5.41, 5.74) is 2.87. The number of carbonyl (C=O) groups is 2. The van der Waals surface area contributed by atoms with E-state index in [0.29, 0.717) is 17.1 Å². The summed E-state index contributed by atoms with van der Waals surface area (Å²) >= 11 is 1.60. The summed E-state index contributed by atoms with van der Waals surface area (Å²) in [5.74, 6) is 1.43. The zero-order chi connectivity index (χ0) is 34.9. The van der Waals surface area contributed by atoms with Gasteiger partial charge in [-0.25, -0.2) is 9.10 Å². The van der Waals surface area contributed by atoms with Crippen molar-refractivity contribution in [2.45, 2.75) is 51.0 Å². The number of fused-ring (bicyclic) bond motifs is 2. The first-order valence-electron chi connectivity index (χ1n) is 16.0. The molecule has 1 aliphatic heterocycles. The summed E-state index contributed by atoms with van der Waals surface area (Å²) in [5, 5.41) is 0.916. The van der Waals surface area contributed by atoms with Gasteiger partial charge in [-0.05, 0) is 91.9 Å². The van der Waals surface area contributed by atoms with Gasteiger partial charge in [0.15, 0.2) is 5.75 Å². The molecular weight excluding hydrogens is 659 g/mol. The zero-order valence-electron chi connectivity index (χ0n) is 28.0. The van der Waals surface area contributed by atoms with Gasteiger partial charge < -0.3 is 14.2 Å². The summed E-state index contributed by atoms with van der Waals surface area (Å²) in [6.07, 6.45) is 3.13. The zero-order valence-corrected chi connectivity index (χ0v) is 29.6. The molecule has 0 saturated carbocycles. The number of amides is 1. The fourth-order valence-corrected chi connectivity index (χ4v) is 8.43. The topological polar surface area (TPSA) is 106 Å². The van der Waals surface area contributed by atoms with Crippen LogP contribution in [0.2, 0.25) is 0 Å². The number of ether oxygens (including phenoxy) is 3. The molecule has 2 heterocycles. The van der Waals surface area contributed by atoms with E-state index < -0.39 is 28.3 Å². The van der Waals surface area contributed by atoms with Gasteiger partial charge in [-0.15, -0.1) is 11.3 Å². The molecule has 0 unspecified atom stereocenters. The maximum atomic E-state index is 12.9. The predicted molar refractivity (Wildman–Crippen MR) is 197 cm³/mol. The first-order valence-corrected chi connectivity index (χ1v) is 18.3. The van der Waals surface area contributed by atoms with Crippen molar-refractivity contribution in [3.63, 3.8) is 0 Å². The van der Waals surface area contributed by atoms with Crippen LogP contribution in [0.1, 0.15) is 62.0 Å². The van der Waals surface area contributed by atoms with E-state index in [1.54, 1.807) is 41.7 Å². The Balaban J connectivity index is 1.25. The molecule has 0 bridgehead atoms. The monoisotopic (exact) mass is 697 g/mol. The van der Waals surface area contributed by atoms with Crippen molar-refractivity contribution in [3.05, 3.63) is 114 Å². The van der Waals surface area contributed by atoms with Crippen LogP contribution in [0.25, 0.3) is 26.6 Å². The number of thiophene rings is 1. The minimum absolute atomic E-state index is 0.0165. The Bertz CT molecular complexity index is 2040. The quantitative estimate of drug-likeness (QED) is 0.111. The van der Waals surface area contributed by atoms with Gasteiger partial charge in [-0.3, -0.25) is 13.9 Å². The van der Waals surface area contributed by atoms with E-state index in [1.807, 2.05) is 75.4 Å². The summed E-state index contributed by atoms with van der Waals surface area (Å²) in [6.45, 7) is 9.92. The van der Waals surface area contributed by atoms with E-state index >= 15 is 0 Å². The van der Waals surface area contributed by atoms with Crippen LogP contribution in [0.4, 0.5) is 0 Å². The van der Waals surface area contributed by atoms with Crippen LogP contribution < -0.4 is 9.47 Å². The molecule has 0 atom stereocenters. The maximum Gasteiger partial charge on any atom is 0.331 e. The van der Waals surface area contributed by atoms with E-state index in [2.05, 4.69) is 26.0 Å². The van der Waals surface area contributed by atoms with Gasteiger partial charge in [0.25, 0.3) is 5.91 Å². The Labute approximate surface area is 292 Å². The minimum atomic E-state index is -3.41. The lowest BCUT2D eigenvalue weighted by Crippen LogP contribution is -2.31. The number of hydrogen-bond donors (Lipinski definition) is 2.